The summed E-state index contributed by atoms with van der Waals surface area (Å²) in [5.74, 6) is 1.03. The first kappa shape index (κ1) is 15.1. The fourth-order valence-electron chi connectivity index (χ4n) is 1.80. The molecule has 0 unspecified atom stereocenters. The third-order valence-electron chi connectivity index (χ3n) is 2.91. The van der Waals surface area contributed by atoms with E-state index in [0.29, 0.717) is 22.9 Å². The number of benzene rings is 1. The van der Waals surface area contributed by atoms with E-state index in [4.69, 9.17) is 14.2 Å². The highest BCUT2D eigenvalue weighted by atomic mass is 32.1. The van der Waals surface area contributed by atoms with Crippen molar-refractivity contribution in [3.05, 3.63) is 35.5 Å². The highest BCUT2D eigenvalue weighted by molar-refractivity contribution is 7.10. The van der Waals surface area contributed by atoms with Crippen LogP contribution in [0.15, 0.2) is 24.4 Å². The summed E-state index contributed by atoms with van der Waals surface area (Å²) in [7, 11) is 4.55. The Morgan fingerprint density at radius 1 is 1.29 bits per heavy atom. The van der Waals surface area contributed by atoms with E-state index < -0.39 is 5.97 Å². The van der Waals surface area contributed by atoms with Gasteiger partial charge >= 0.3 is 5.97 Å². The Hall–Kier alpha value is -2.28. The van der Waals surface area contributed by atoms with Gasteiger partial charge in [-0.15, -0.1) is 0 Å². The number of hydrogen-bond acceptors (Lipinski definition) is 7. The monoisotopic (exact) mass is 308 g/mol. The molecule has 6 nitrogen and oxygen atoms in total. The van der Waals surface area contributed by atoms with Gasteiger partial charge in [0.2, 0.25) is 0 Å². The SMILES string of the molecule is COC(=O)c1cnsc1NCc1ccc(OC)cc1OC. The Morgan fingerprint density at radius 2 is 2.10 bits per heavy atom. The van der Waals surface area contributed by atoms with Crippen LogP contribution in [0.1, 0.15) is 15.9 Å². The van der Waals surface area contributed by atoms with Gasteiger partial charge in [-0.3, -0.25) is 0 Å². The summed E-state index contributed by atoms with van der Waals surface area (Å²) in [4.78, 5) is 11.6. The number of carbonyl (C=O) groups is 1. The number of esters is 1. The predicted octanol–water partition coefficient (Wildman–Crippen LogP) is 2.56. The Labute approximate surface area is 126 Å². The topological polar surface area (TPSA) is 69.7 Å². The van der Waals surface area contributed by atoms with E-state index in [0.717, 1.165) is 11.3 Å². The molecule has 0 aliphatic carbocycles. The van der Waals surface area contributed by atoms with Crippen LogP contribution >= 0.6 is 11.5 Å². The third kappa shape index (κ3) is 3.43. The molecule has 0 radical (unpaired) electrons. The molecule has 1 aromatic carbocycles. The van der Waals surface area contributed by atoms with Crippen molar-refractivity contribution >= 4 is 22.5 Å². The van der Waals surface area contributed by atoms with Crippen molar-refractivity contribution in [3.63, 3.8) is 0 Å². The van der Waals surface area contributed by atoms with Crippen LogP contribution < -0.4 is 14.8 Å². The maximum absolute atomic E-state index is 11.6. The fraction of sp³-hybridized carbons (Fsp3) is 0.286. The zero-order valence-corrected chi connectivity index (χ0v) is 12.8. The van der Waals surface area contributed by atoms with Gasteiger partial charge in [-0.05, 0) is 23.7 Å². The van der Waals surface area contributed by atoms with E-state index in [1.807, 2.05) is 18.2 Å². The normalized spacial score (nSPS) is 10.0. The summed E-state index contributed by atoms with van der Waals surface area (Å²) < 4.78 is 19.2. The number of anilines is 1. The molecule has 1 N–H and O–H groups in total. The van der Waals surface area contributed by atoms with Crippen molar-refractivity contribution in [2.24, 2.45) is 0 Å². The standard InChI is InChI=1S/C14H16N2O4S/c1-18-10-5-4-9(12(6-10)19-2)7-15-13-11(8-16-21-13)14(17)20-3/h4-6,8,15H,7H2,1-3H3. The molecule has 0 saturated heterocycles. The molecule has 0 saturated carbocycles. The van der Waals surface area contributed by atoms with E-state index in [2.05, 4.69) is 9.69 Å². The molecule has 0 aliphatic heterocycles. The van der Waals surface area contributed by atoms with Crippen molar-refractivity contribution in [3.8, 4) is 11.5 Å². The average molecular weight is 308 g/mol. The van der Waals surface area contributed by atoms with Crippen molar-refractivity contribution in [1.29, 1.82) is 0 Å². The lowest BCUT2D eigenvalue weighted by atomic mass is 10.2. The number of rotatable bonds is 6. The van der Waals surface area contributed by atoms with Gasteiger partial charge in [0.15, 0.2) is 0 Å². The number of methoxy groups -OCH3 is 3. The van der Waals surface area contributed by atoms with Crippen LogP contribution in [0.3, 0.4) is 0 Å². The summed E-state index contributed by atoms with van der Waals surface area (Å²) in [5, 5.41) is 3.84. The lowest BCUT2D eigenvalue weighted by molar-refractivity contribution is 0.0602. The molecule has 2 rings (SSSR count). The first-order chi connectivity index (χ1) is 10.2. The van der Waals surface area contributed by atoms with Gasteiger partial charge in [0, 0.05) is 18.2 Å². The molecule has 0 fully saturated rings. The maximum atomic E-state index is 11.6. The Bertz CT molecular complexity index is 627. The zero-order valence-electron chi connectivity index (χ0n) is 12.0. The molecule has 0 atom stereocenters. The second-order valence-electron chi connectivity index (χ2n) is 4.09. The Balaban J connectivity index is 2.13. The van der Waals surface area contributed by atoms with Gasteiger partial charge in [-0.1, -0.05) is 0 Å². The largest absolute Gasteiger partial charge is 0.497 e. The highest BCUT2D eigenvalue weighted by Gasteiger charge is 2.15. The minimum absolute atomic E-state index is 0.409. The van der Waals surface area contributed by atoms with E-state index in [-0.39, 0.29) is 0 Å². The first-order valence-electron chi connectivity index (χ1n) is 6.17. The van der Waals surface area contributed by atoms with Crippen LogP contribution in [-0.2, 0) is 11.3 Å². The third-order valence-corrected chi connectivity index (χ3v) is 3.67. The fourth-order valence-corrected chi connectivity index (χ4v) is 2.43. The van der Waals surface area contributed by atoms with Crippen LogP contribution in [0.2, 0.25) is 0 Å². The molecule has 0 amide bonds. The Morgan fingerprint density at radius 3 is 2.76 bits per heavy atom. The van der Waals surface area contributed by atoms with E-state index in [9.17, 15) is 4.79 Å². The van der Waals surface area contributed by atoms with Crippen molar-refractivity contribution in [2.45, 2.75) is 6.54 Å². The van der Waals surface area contributed by atoms with E-state index in [1.54, 1.807) is 14.2 Å². The van der Waals surface area contributed by atoms with Crippen molar-refractivity contribution in [2.75, 3.05) is 26.6 Å². The zero-order chi connectivity index (χ0) is 15.2. The van der Waals surface area contributed by atoms with E-state index >= 15 is 0 Å². The molecule has 0 aliphatic rings. The average Bonchev–Trinajstić information content (AvgIpc) is 3.00. The lowest BCUT2D eigenvalue weighted by Crippen LogP contribution is -2.06. The summed E-state index contributed by atoms with van der Waals surface area (Å²) >= 11 is 1.21. The number of nitrogens with one attached hydrogen (secondary N) is 1. The molecule has 21 heavy (non-hydrogen) atoms. The van der Waals surface area contributed by atoms with Gasteiger partial charge in [-0.2, -0.15) is 4.37 Å². The molecule has 7 heteroatoms. The van der Waals surface area contributed by atoms with Gasteiger partial charge < -0.3 is 19.5 Å². The van der Waals surface area contributed by atoms with Crippen LogP contribution in [0, 0.1) is 0 Å². The summed E-state index contributed by atoms with van der Waals surface area (Å²) in [6.45, 7) is 0.499. The minimum Gasteiger partial charge on any atom is -0.497 e. The van der Waals surface area contributed by atoms with Crippen LogP contribution in [0.4, 0.5) is 5.00 Å². The van der Waals surface area contributed by atoms with Gasteiger partial charge in [-0.25, -0.2) is 4.79 Å². The van der Waals surface area contributed by atoms with Gasteiger partial charge in [0.1, 0.15) is 22.1 Å². The molecule has 0 spiro atoms. The number of hydrogen-bond donors (Lipinski definition) is 1. The van der Waals surface area contributed by atoms with Crippen LogP contribution in [0.25, 0.3) is 0 Å². The summed E-state index contributed by atoms with van der Waals surface area (Å²) in [5.41, 5.74) is 1.37. The highest BCUT2D eigenvalue weighted by Crippen LogP contribution is 2.27. The lowest BCUT2D eigenvalue weighted by Gasteiger charge is -2.11. The molecular weight excluding hydrogens is 292 g/mol. The predicted molar refractivity (Wildman–Crippen MR) is 80.3 cm³/mol. The van der Waals surface area contributed by atoms with Crippen molar-refractivity contribution < 1.29 is 19.0 Å². The number of carbonyl (C=O) groups excluding carboxylic acids is 1. The minimum atomic E-state index is -0.409. The van der Waals surface area contributed by atoms with E-state index in [1.165, 1.54) is 24.8 Å². The first-order valence-corrected chi connectivity index (χ1v) is 6.94. The smallest absolute Gasteiger partial charge is 0.342 e. The number of nitrogens with zero attached hydrogens (tertiary/aromatic N) is 1. The molecule has 112 valence electrons. The Kier molecular flexibility index (Phi) is 4.99. The molecular formula is C14H16N2O4S. The van der Waals surface area contributed by atoms with Crippen molar-refractivity contribution in [1.82, 2.24) is 4.37 Å². The quantitative estimate of drug-likeness (QED) is 0.827. The number of aromatic nitrogens is 1. The second kappa shape index (κ2) is 6.94. The second-order valence-corrected chi connectivity index (χ2v) is 4.89. The van der Waals surface area contributed by atoms with Gasteiger partial charge in [0.05, 0.1) is 27.5 Å². The molecule has 2 aromatic rings. The molecule has 0 bridgehead atoms. The summed E-state index contributed by atoms with van der Waals surface area (Å²) in [6.07, 6.45) is 1.49. The number of ether oxygens (including phenoxy) is 3. The molecule has 1 aromatic heterocycles. The van der Waals surface area contributed by atoms with Crippen LogP contribution in [-0.4, -0.2) is 31.7 Å². The maximum Gasteiger partial charge on any atom is 0.342 e. The molecule has 1 heterocycles. The van der Waals surface area contributed by atoms with Crippen LogP contribution in [0.5, 0.6) is 11.5 Å². The van der Waals surface area contributed by atoms with Gasteiger partial charge in [0.25, 0.3) is 0 Å². The summed E-state index contributed by atoms with van der Waals surface area (Å²) in [6, 6.07) is 5.57.